The maximum atomic E-state index is 6.05. The van der Waals surface area contributed by atoms with E-state index in [0.717, 1.165) is 0 Å². The van der Waals surface area contributed by atoms with E-state index in [4.69, 9.17) is 11.6 Å². The molecule has 2 unspecified atom stereocenters. The van der Waals surface area contributed by atoms with Gasteiger partial charge in [0, 0.05) is 0 Å². The van der Waals surface area contributed by atoms with Crippen LogP contribution in [-0.2, 0) is 0 Å². The Kier molecular flexibility index (Phi) is 7.00. The van der Waals surface area contributed by atoms with Gasteiger partial charge in [-0.05, 0) is 30.8 Å². The molecule has 0 aromatic carbocycles. The highest BCUT2D eigenvalue weighted by molar-refractivity contribution is 6.22. The monoisotopic (exact) mass is 214 g/mol. The molecule has 0 aromatic heterocycles. The quantitative estimate of drug-likeness (QED) is 0.440. The Hall–Kier alpha value is -0.230. The lowest BCUT2D eigenvalue weighted by Gasteiger charge is -2.18. The molecule has 0 saturated heterocycles. The summed E-state index contributed by atoms with van der Waals surface area (Å²) in [6.45, 7) is 12.5. The Morgan fingerprint density at radius 1 is 1.36 bits per heavy atom. The minimum Gasteiger partial charge on any atom is -0.118 e. The summed E-state index contributed by atoms with van der Waals surface area (Å²) in [6.07, 6.45) is 6.63. The van der Waals surface area contributed by atoms with Gasteiger partial charge in [0.15, 0.2) is 0 Å². The summed E-state index contributed by atoms with van der Waals surface area (Å²) >= 11 is 6.05. The predicted octanol–water partition coefficient (Wildman–Crippen LogP) is 4.80. The lowest BCUT2D eigenvalue weighted by molar-refractivity contribution is 0.430. The van der Waals surface area contributed by atoms with Crippen molar-refractivity contribution in [2.45, 2.75) is 45.9 Å². The molecule has 0 rings (SSSR count). The van der Waals surface area contributed by atoms with Crippen LogP contribution in [0.4, 0.5) is 0 Å². The Morgan fingerprint density at radius 2 is 1.93 bits per heavy atom. The van der Waals surface area contributed by atoms with E-state index in [2.05, 4.69) is 33.4 Å². The summed E-state index contributed by atoms with van der Waals surface area (Å²) in [5, 5.41) is 0.0746. The van der Waals surface area contributed by atoms with Gasteiger partial charge in [-0.3, -0.25) is 0 Å². The highest BCUT2D eigenvalue weighted by Crippen LogP contribution is 2.22. The van der Waals surface area contributed by atoms with Crippen LogP contribution in [0.25, 0.3) is 0 Å². The van der Waals surface area contributed by atoms with Gasteiger partial charge >= 0.3 is 0 Å². The third kappa shape index (κ3) is 4.85. The van der Waals surface area contributed by atoms with E-state index in [9.17, 15) is 0 Å². The van der Waals surface area contributed by atoms with Gasteiger partial charge < -0.3 is 0 Å². The first-order chi connectivity index (χ1) is 6.52. The predicted molar refractivity (Wildman–Crippen MR) is 66.8 cm³/mol. The minimum absolute atomic E-state index is 0.0746. The van der Waals surface area contributed by atoms with Crippen molar-refractivity contribution >= 4 is 11.6 Å². The van der Waals surface area contributed by atoms with Crippen LogP contribution in [0, 0.1) is 11.8 Å². The fraction of sp³-hybridized carbons (Fsp3) is 0.692. The lowest BCUT2D eigenvalue weighted by atomic mass is 9.89. The first-order valence-corrected chi connectivity index (χ1v) is 5.94. The average Bonchev–Trinajstić information content (AvgIpc) is 2.11. The van der Waals surface area contributed by atoms with Crippen LogP contribution in [0.1, 0.15) is 40.5 Å². The van der Waals surface area contributed by atoms with Crippen molar-refractivity contribution in [3.05, 3.63) is 24.3 Å². The normalized spacial score (nSPS) is 16.9. The van der Waals surface area contributed by atoms with Gasteiger partial charge in [0.25, 0.3) is 0 Å². The minimum atomic E-state index is 0.0746. The Labute approximate surface area is 94.0 Å². The van der Waals surface area contributed by atoms with E-state index in [1.165, 1.54) is 18.4 Å². The molecule has 0 aromatic rings. The molecule has 0 N–H and O–H groups in total. The molecule has 0 aliphatic carbocycles. The van der Waals surface area contributed by atoms with Crippen molar-refractivity contribution in [3.63, 3.8) is 0 Å². The summed E-state index contributed by atoms with van der Waals surface area (Å²) in [5.74, 6) is 1.31. The number of hydrogen-bond donors (Lipinski definition) is 0. The number of rotatable bonds is 6. The number of halogens is 1. The van der Waals surface area contributed by atoms with Crippen molar-refractivity contribution in [3.8, 4) is 0 Å². The number of alkyl halides is 1. The van der Waals surface area contributed by atoms with Crippen molar-refractivity contribution in [1.82, 2.24) is 0 Å². The molecule has 82 valence electrons. The maximum absolute atomic E-state index is 6.05. The van der Waals surface area contributed by atoms with Gasteiger partial charge in [-0.25, -0.2) is 0 Å². The van der Waals surface area contributed by atoms with Crippen molar-refractivity contribution < 1.29 is 0 Å². The van der Waals surface area contributed by atoms with Crippen LogP contribution < -0.4 is 0 Å². The number of allylic oxidation sites excluding steroid dienone is 3. The molecule has 0 bridgehead atoms. The van der Waals surface area contributed by atoms with Crippen LogP contribution in [-0.4, -0.2) is 5.38 Å². The Bertz CT molecular complexity index is 189. The van der Waals surface area contributed by atoms with Gasteiger partial charge in [0.05, 0.1) is 5.38 Å². The summed E-state index contributed by atoms with van der Waals surface area (Å²) in [4.78, 5) is 0. The molecular weight excluding hydrogens is 192 g/mol. The van der Waals surface area contributed by atoms with Gasteiger partial charge in [-0.15, -0.1) is 11.6 Å². The molecule has 0 nitrogen and oxygen atoms in total. The maximum Gasteiger partial charge on any atom is 0.0553 e. The zero-order valence-electron chi connectivity index (χ0n) is 9.89. The van der Waals surface area contributed by atoms with E-state index in [-0.39, 0.29) is 5.38 Å². The molecule has 2 atom stereocenters. The van der Waals surface area contributed by atoms with E-state index in [1.54, 1.807) is 0 Å². The zero-order valence-corrected chi connectivity index (χ0v) is 10.6. The van der Waals surface area contributed by atoms with Gasteiger partial charge in [-0.2, -0.15) is 0 Å². The van der Waals surface area contributed by atoms with Crippen LogP contribution >= 0.6 is 11.6 Å². The van der Waals surface area contributed by atoms with E-state index in [1.807, 2.05) is 13.0 Å². The Morgan fingerprint density at radius 3 is 2.21 bits per heavy atom. The third-order valence-electron chi connectivity index (χ3n) is 2.58. The topological polar surface area (TPSA) is 0 Å². The van der Waals surface area contributed by atoms with E-state index >= 15 is 0 Å². The Balaban J connectivity index is 4.58. The molecule has 0 radical (unpaired) electrons. The summed E-state index contributed by atoms with van der Waals surface area (Å²) in [6, 6.07) is 0. The molecule has 0 saturated carbocycles. The van der Waals surface area contributed by atoms with Gasteiger partial charge in [0.2, 0.25) is 0 Å². The highest BCUT2D eigenvalue weighted by atomic mass is 35.5. The first-order valence-electron chi connectivity index (χ1n) is 5.51. The van der Waals surface area contributed by atoms with Gasteiger partial charge in [0.1, 0.15) is 0 Å². The molecule has 0 heterocycles. The number of hydrogen-bond acceptors (Lipinski definition) is 0. The second kappa shape index (κ2) is 7.11. The second-order valence-corrected chi connectivity index (χ2v) is 4.84. The standard InChI is InChI=1S/C13H23Cl/c1-6-8-13(10(3)4)9-12(7-2)11(5)14/h7,9-11,13H,2,6,8H2,1,3-5H3/b12-9+. The van der Waals surface area contributed by atoms with Crippen LogP contribution in [0.3, 0.4) is 0 Å². The molecule has 0 aliphatic rings. The first kappa shape index (κ1) is 13.8. The zero-order chi connectivity index (χ0) is 11.1. The molecule has 0 fully saturated rings. The average molecular weight is 215 g/mol. The van der Waals surface area contributed by atoms with Crippen LogP contribution in [0.2, 0.25) is 0 Å². The largest absolute Gasteiger partial charge is 0.118 e. The SMILES string of the molecule is C=C/C(=C\C(CCC)C(C)C)C(C)Cl. The summed E-state index contributed by atoms with van der Waals surface area (Å²) in [7, 11) is 0. The fourth-order valence-electron chi connectivity index (χ4n) is 1.55. The fourth-order valence-corrected chi connectivity index (χ4v) is 1.71. The highest BCUT2D eigenvalue weighted by Gasteiger charge is 2.11. The van der Waals surface area contributed by atoms with Crippen LogP contribution in [0.15, 0.2) is 24.3 Å². The summed E-state index contributed by atoms with van der Waals surface area (Å²) in [5.41, 5.74) is 1.17. The smallest absolute Gasteiger partial charge is 0.0553 e. The second-order valence-electron chi connectivity index (χ2n) is 4.18. The van der Waals surface area contributed by atoms with Crippen LogP contribution in [0.5, 0.6) is 0 Å². The molecular formula is C13H23Cl. The van der Waals surface area contributed by atoms with E-state index < -0.39 is 0 Å². The lowest BCUT2D eigenvalue weighted by Crippen LogP contribution is -2.08. The van der Waals surface area contributed by atoms with Crippen molar-refractivity contribution in [2.75, 3.05) is 0 Å². The van der Waals surface area contributed by atoms with E-state index in [0.29, 0.717) is 11.8 Å². The van der Waals surface area contributed by atoms with Crippen molar-refractivity contribution in [2.24, 2.45) is 11.8 Å². The van der Waals surface area contributed by atoms with Crippen molar-refractivity contribution in [1.29, 1.82) is 0 Å². The molecule has 0 spiro atoms. The van der Waals surface area contributed by atoms with Gasteiger partial charge in [-0.1, -0.05) is 45.9 Å². The molecule has 1 heteroatoms. The molecule has 0 amide bonds. The summed E-state index contributed by atoms with van der Waals surface area (Å²) < 4.78 is 0. The molecule has 0 aliphatic heterocycles. The molecule has 14 heavy (non-hydrogen) atoms. The third-order valence-corrected chi connectivity index (χ3v) is 2.83.